The van der Waals surface area contributed by atoms with Crippen molar-refractivity contribution in [2.24, 2.45) is 5.92 Å². The van der Waals surface area contributed by atoms with E-state index in [0.717, 1.165) is 6.42 Å². The summed E-state index contributed by atoms with van der Waals surface area (Å²) in [6.45, 7) is 5.57. The van der Waals surface area contributed by atoms with Crippen LogP contribution in [0.3, 0.4) is 0 Å². The van der Waals surface area contributed by atoms with Gasteiger partial charge < -0.3 is 5.32 Å². The second-order valence-corrected chi connectivity index (χ2v) is 4.31. The van der Waals surface area contributed by atoms with Crippen molar-refractivity contribution in [3.63, 3.8) is 0 Å². The van der Waals surface area contributed by atoms with Crippen LogP contribution >= 0.6 is 0 Å². The lowest BCUT2D eigenvalue weighted by Gasteiger charge is -2.06. The van der Waals surface area contributed by atoms with Gasteiger partial charge in [-0.3, -0.25) is 9.59 Å². The normalized spacial score (nSPS) is 10.2. The Kier molecular flexibility index (Phi) is 4.23. The van der Waals surface area contributed by atoms with Gasteiger partial charge in [-0.1, -0.05) is 26.0 Å². The average Bonchev–Trinajstić information content (AvgIpc) is 2.20. The molecule has 0 aromatic heterocycles. The molecule has 0 aliphatic heterocycles. The fourth-order valence-corrected chi connectivity index (χ4v) is 1.41. The van der Waals surface area contributed by atoms with Gasteiger partial charge in [-0.05, 0) is 30.0 Å². The molecule has 0 heterocycles. The first-order valence-corrected chi connectivity index (χ1v) is 5.40. The summed E-state index contributed by atoms with van der Waals surface area (Å²) in [7, 11) is 0. The van der Waals surface area contributed by atoms with E-state index in [1.807, 2.05) is 24.3 Å². The van der Waals surface area contributed by atoms with Gasteiger partial charge in [0.25, 0.3) is 5.91 Å². The summed E-state index contributed by atoms with van der Waals surface area (Å²) < 4.78 is 0. The monoisotopic (exact) mass is 219 g/mol. The fraction of sp³-hybridized carbons (Fsp3) is 0.385. The quantitative estimate of drug-likeness (QED) is 0.790. The number of ketones is 1. The van der Waals surface area contributed by atoms with Crippen LogP contribution in [-0.4, -0.2) is 11.7 Å². The minimum Gasteiger partial charge on any atom is -0.319 e. The molecule has 0 unspecified atom stereocenters. The van der Waals surface area contributed by atoms with E-state index < -0.39 is 11.7 Å². The number of benzene rings is 1. The molecule has 1 amide bonds. The zero-order valence-electron chi connectivity index (χ0n) is 9.91. The summed E-state index contributed by atoms with van der Waals surface area (Å²) in [6.07, 6.45) is 1.01. The topological polar surface area (TPSA) is 46.2 Å². The van der Waals surface area contributed by atoms with Crippen LogP contribution in [0.1, 0.15) is 26.3 Å². The van der Waals surface area contributed by atoms with E-state index >= 15 is 0 Å². The van der Waals surface area contributed by atoms with E-state index in [1.54, 1.807) is 0 Å². The number of rotatable bonds is 4. The third-order valence-electron chi connectivity index (χ3n) is 2.18. The Hall–Kier alpha value is -1.64. The second kappa shape index (κ2) is 5.45. The molecule has 16 heavy (non-hydrogen) atoms. The van der Waals surface area contributed by atoms with Crippen LogP contribution in [0.2, 0.25) is 0 Å². The van der Waals surface area contributed by atoms with Crippen molar-refractivity contribution in [2.45, 2.75) is 27.2 Å². The Balaban J connectivity index is 2.64. The minimum absolute atomic E-state index is 0.480. The van der Waals surface area contributed by atoms with Crippen LogP contribution in [0, 0.1) is 5.92 Å². The fourth-order valence-electron chi connectivity index (χ4n) is 1.41. The molecule has 1 N–H and O–H groups in total. The van der Waals surface area contributed by atoms with Gasteiger partial charge in [0.05, 0.1) is 0 Å². The molecule has 3 nitrogen and oxygen atoms in total. The van der Waals surface area contributed by atoms with Crippen LogP contribution in [0.25, 0.3) is 0 Å². The summed E-state index contributed by atoms with van der Waals surface area (Å²) in [5.74, 6) is -0.444. The summed E-state index contributed by atoms with van der Waals surface area (Å²) >= 11 is 0. The van der Waals surface area contributed by atoms with Gasteiger partial charge in [-0.2, -0.15) is 0 Å². The zero-order chi connectivity index (χ0) is 12.1. The van der Waals surface area contributed by atoms with Gasteiger partial charge in [-0.15, -0.1) is 0 Å². The summed E-state index contributed by atoms with van der Waals surface area (Å²) in [5, 5.41) is 2.53. The lowest BCUT2D eigenvalue weighted by molar-refractivity contribution is -0.133. The van der Waals surface area contributed by atoms with Crippen LogP contribution in [0.5, 0.6) is 0 Å². The Morgan fingerprint density at radius 3 is 2.19 bits per heavy atom. The molecule has 3 heteroatoms. The Morgan fingerprint density at radius 2 is 1.75 bits per heavy atom. The van der Waals surface area contributed by atoms with E-state index in [4.69, 9.17) is 0 Å². The highest BCUT2D eigenvalue weighted by molar-refractivity contribution is 6.39. The molecule has 0 aliphatic rings. The number of amides is 1. The number of anilines is 1. The van der Waals surface area contributed by atoms with E-state index in [-0.39, 0.29) is 0 Å². The minimum atomic E-state index is -0.573. The average molecular weight is 219 g/mol. The highest BCUT2D eigenvalue weighted by Gasteiger charge is 2.07. The molecule has 0 fully saturated rings. The first-order valence-electron chi connectivity index (χ1n) is 5.40. The highest BCUT2D eigenvalue weighted by atomic mass is 16.2. The number of carbonyl (C=O) groups excluding carboxylic acids is 2. The van der Waals surface area contributed by atoms with Crippen molar-refractivity contribution in [2.75, 3.05) is 5.32 Å². The molecule has 1 rings (SSSR count). The molecule has 0 saturated carbocycles. The Morgan fingerprint density at radius 1 is 1.19 bits per heavy atom. The molecule has 0 bridgehead atoms. The van der Waals surface area contributed by atoms with Crippen molar-refractivity contribution in [3.8, 4) is 0 Å². The van der Waals surface area contributed by atoms with Crippen molar-refractivity contribution in [1.29, 1.82) is 0 Å². The molecule has 86 valence electrons. The molecule has 0 saturated heterocycles. The molecule has 0 radical (unpaired) electrons. The smallest absolute Gasteiger partial charge is 0.291 e. The second-order valence-electron chi connectivity index (χ2n) is 4.31. The Labute approximate surface area is 95.9 Å². The summed E-state index contributed by atoms with van der Waals surface area (Å²) in [6, 6.07) is 7.57. The SMILES string of the molecule is CC(=O)C(=O)Nc1ccc(CC(C)C)cc1. The Bertz CT molecular complexity index is 379. The van der Waals surface area contributed by atoms with Crippen LogP contribution in [0.4, 0.5) is 5.69 Å². The molecule has 1 aromatic carbocycles. The molecule has 1 aromatic rings. The van der Waals surface area contributed by atoms with E-state index in [2.05, 4.69) is 19.2 Å². The largest absolute Gasteiger partial charge is 0.319 e. The van der Waals surface area contributed by atoms with E-state index in [9.17, 15) is 9.59 Å². The van der Waals surface area contributed by atoms with Gasteiger partial charge in [-0.25, -0.2) is 0 Å². The summed E-state index contributed by atoms with van der Waals surface area (Å²) in [5.41, 5.74) is 1.89. The van der Waals surface area contributed by atoms with Gasteiger partial charge in [0.2, 0.25) is 5.78 Å². The van der Waals surface area contributed by atoms with Crippen LogP contribution in [0.15, 0.2) is 24.3 Å². The predicted octanol–water partition coefficient (Wildman–Crippen LogP) is 2.41. The van der Waals surface area contributed by atoms with Crippen molar-refractivity contribution < 1.29 is 9.59 Å². The third kappa shape index (κ3) is 3.85. The molecule has 0 atom stereocenters. The number of Topliss-reactive ketones (excluding diaryl/α,β-unsaturated/α-hetero) is 1. The molecular formula is C13H17NO2. The van der Waals surface area contributed by atoms with Gasteiger partial charge in [0, 0.05) is 12.6 Å². The van der Waals surface area contributed by atoms with Gasteiger partial charge in [0.1, 0.15) is 0 Å². The van der Waals surface area contributed by atoms with Crippen molar-refractivity contribution >= 4 is 17.4 Å². The lowest BCUT2D eigenvalue weighted by atomic mass is 10.0. The molecular weight excluding hydrogens is 202 g/mol. The van der Waals surface area contributed by atoms with E-state index in [0.29, 0.717) is 11.6 Å². The van der Waals surface area contributed by atoms with E-state index in [1.165, 1.54) is 12.5 Å². The van der Waals surface area contributed by atoms with Gasteiger partial charge >= 0.3 is 0 Å². The molecule has 0 aliphatic carbocycles. The van der Waals surface area contributed by atoms with Crippen molar-refractivity contribution in [3.05, 3.63) is 29.8 Å². The van der Waals surface area contributed by atoms with Crippen LogP contribution in [-0.2, 0) is 16.0 Å². The van der Waals surface area contributed by atoms with Crippen LogP contribution < -0.4 is 5.32 Å². The number of hydrogen-bond donors (Lipinski definition) is 1. The first-order chi connectivity index (χ1) is 7.49. The predicted molar refractivity (Wildman–Crippen MR) is 64.3 cm³/mol. The third-order valence-corrected chi connectivity index (χ3v) is 2.18. The maximum Gasteiger partial charge on any atom is 0.291 e. The zero-order valence-corrected chi connectivity index (χ0v) is 9.91. The maximum atomic E-state index is 11.1. The molecule has 0 spiro atoms. The highest BCUT2D eigenvalue weighted by Crippen LogP contribution is 2.12. The maximum absolute atomic E-state index is 11.1. The standard InChI is InChI=1S/C13H17NO2/c1-9(2)8-11-4-6-12(7-5-11)14-13(16)10(3)15/h4-7,9H,8H2,1-3H3,(H,14,16). The number of carbonyl (C=O) groups is 2. The summed E-state index contributed by atoms with van der Waals surface area (Å²) in [4.78, 5) is 21.9. The van der Waals surface area contributed by atoms with Crippen molar-refractivity contribution in [1.82, 2.24) is 0 Å². The first kappa shape index (κ1) is 12.4. The number of nitrogens with one attached hydrogen (secondary N) is 1. The number of hydrogen-bond acceptors (Lipinski definition) is 2. The van der Waals surface area contributed by atoms with Gasteiger partial charge in [0.15, 0.2) is 0 Å². The lowest BCUT2D eigenvalue weighted by Crippen LogP contribution is -2.19.